The minimum Gasteiger partial charge on any atom is -0.454 e. The van der Waals surface area contributed by atoms with Crippen LogP contribution in [-0.2, 0) is 14.9 Å². The highest BCUT2D eigenvalue weighted by Gasteiger charge is 2.46. The number of esters is 2. The summed E-state index contributed by atoms with van der Waals surface area (Å²) < 4.78 is 65.8. The number of benzene rings is 2. The quantitative estimate of drug-likeness (QED) is 0.0954. The van der Waals surface area contributed by atoms with Crippen molar-refractivity contribution < 1.29 is 45.7 Å². The van der Waals surface area contributed by atoms with Crippen molar-refractivity contribution in [3.05, 3.63) is 61.2 Å². The molecule has 0 bridgehead atoms. The molecule has 0 aliphatic carbocycles. The van der Waals surface area contributed by atoms with E-state index in [-0.39, 0.29) is 17.0 Å². The molecular formula is C16H11F2IN2O9S. The van der Waals surface area contributed by atoms with E-state index in [1.54, 1.807) is 6.07 Å². The lowest BCUT2D eigenvalue weighted by Crippen LogP contribution is -2.34. The fourth-order valence-electron chi connectivity index (χ4n) is 2.07. The number of halogens is 3. The third-order valence-corrected chi connectivity index (χ3v) is 5.12. The Morgan fingerprint density at radius 1 is 1.16 bits per heavy atom. The van der Waals surface area contributed by atoms with E-state index in [1.807, 2.05) is 22.6 Å². The lowest BCUT2D eigenvalue weighted by molar-refractivity contribution is -0.385. The SMILES string of the molecule is Nc1ccc(I)cc1C(=O)Oc1ccc([N+](=O)[O-])c(C(=O)OCC(F)(F)S(=O)(=O)O)c1. The lowest BCUT2D eigenvalue weighted by Gasteiger charge is -2.13. The average Bonchev–Trinajstić information content (AvgIpc) is 2.66. The zero-order chi connectivity index (χ0) is 23.6. The summed E-state index contributed by atoms with van der Waals surface area (Å²) in [6, 6.07) is 6.84. The van der Waals surface area contributed by atoms with E-state index in [1.165, 1.54) is 12.1 Å². The van der Waals surface area contributed by atoms with Gasteiger partial charge in [-0.1, -0.05) is 0 Å². The highest BCUT2D eigenvalue weighted by molar-refractivity contribution is 14.1. The van der Waals surface area contributed by atoms with Crippen LogP contribution >= 0.6 is 22.6 Å². The van der Waals surface area contributed by atoms with Crippen LogP contribution in [0.5, 0.6) is 5.75 Å². The van der Waals surface area contributed by atoms with Gasteiger partial charge in [0, 0.05) is 21.4 Å². The summed E-state index contributed by atoms with van der Waals surface area (Å²) in [6.07, 6.45) is 0. The lowest BCUT2D eigenvalue weighted by atomic mass is 10.1. The molecule has 0 amide bonds. The van der Waals surface area contributed by atoms with Gasteiger partial charge in [0.2, 0.25) is 0 Å². The third kappa shape index (κ3) is 5.82. The van der Waals surface area contributed by atoms with E-state index < -0.39 is 50.1 Å². The highest BCUT2D eigenvalue weighted by atomic mass is 127. The van der Waals surface area contributed by atoms with E-state index in [9.17, 15) is 36.9 Å². The van der Waals surface area contributed by atoms with Crippen molar-refractivity contribution in [1.82, 2.24) is 0 Å². The highest BCUT2D eigenvalue weighted by Crippen LogP contribution is 2.28. The van der Waals surface area contributed by atoms with E-state index in [0.717, 1.165) is 12.1 Å². The summed E-state index contributed by atoms with van der Waals surface area (Å²) in [6.45, 7) is -2.11. The van der Waals surface area contributed by atoms with Gasteiger partial charge < -0.3 is 15.2 Å². The number of ether oxygens (including phenoxy) is 2. The van der Waals surface area contributed by atoms with Gasteiger partial charge in [-0.2, -0.15) is 17.2 Å². The minimum atomic E-state index is -5.90. The largest absolute Gasteiger partial charge is 0.454 e. The van der Waals surface area contributed by atoms with E-state index in [2.05, 4.69) is 4.74 Å². The number of carbonyl (C=O) groups excluding carboxylic acids is 2. The first-order chi connectivity index (χ1) is 14.2. The number of nitrogen functional groups attached to an aromatic ring is 1. The van der Waals surface area contributed by atoms with Crippen LogP contribution in [0.3, 0.4) is 0 Å². The summed E-state index contributed by atoms with van der Waals surface area (Å²) in [7, 11) is -5.90. The summed E-state index contributed by atoms with van der Waals surface area (Å²) in [5.74, 6) is -3.08. The molecule has 0 saturated carbocycles. The van der Waals surface area contributed by atoms with Gasteiger partial charge in [-0.15, -0.1) is 0 Å². The van der Waals surface area contributed by atoms with Crippen molar-refractivity contribution in [2.45, 2.75) is 5.25 Å². The molecule has 0 aromatic heterocycles. The molecule has 2 aromatic rings. The van der Waals surface area contributed by atoms with Crippen LogP contribution in [0, 0.1) is 13.7 Å². The smallest absolute Gasteiger partial charge is 0.402 e. The molecule has 15 heteroatoms. The molecule has 0 aliphatic heterocycles. The second kappa shape index (κ2) is 9.06. The molecule has 0 fully saturated rings. The number of carbonyl (C=O) groups is 2. The topological polar surface area (TPSA) is 176 Å². The first kappa shape index (κ1) is 24.4. The maximum absolute atomic E-state index is 13.2. The summed E-state index contributed by atoms with van der Waals surface area (Å²) in [5.41, 5.74) is 3.92. The Kier molecular flexibility index (Phi) is 7.12. The van der Waals surface area contributed by atoms with Crippen molar-refractivity contribution in [3.63, 3.8) is 0 Å². The minimum absolute atomic E-state index is 0.0397. The zero-order valence-electron chi connectivity index (χ0n) is 15.0. The third-order valence-electron chi connectivity index (χ3n) is 3.58. The van der Waals surface area contributed by atoms with Gasteiger partial charge in [-0.3, -0.25) is 14.7 Å². The zero-order valence-corrected chi connectivity index (χ0v) is 17.9. The number of anilines is 1. The number of nitro benzene ring substituents is 1. The molecule has 0 unspecified atom stereocenters. The van der Waals surface area contributed by atoms with Crippen molar-refractivity contribution in [3.8, 4) is 5.75 Å². The number of hydrogen-bond donors (Lipinski definition) is 2. The van der Waals surface area contributed by atoms with E-state index in [4.69, 9.17) is 15.0 Å². The number of alkyl halides is 2. The molecular weight excluding hydrogens is 561 g/mol. The van der Waals surface area contributed by atoms with Gasteiger partial charge >= 0.3 is 27.3 Å². The van der Waals surface area contributed by atoms with Crippen LogP contribution < -0.4 is 10.5 Å². The maximum Gasteiger partial charge on any atom is 0.402 e. The molecule has 0 aliphatic rings. The predicted octanol–water partition coefficient (Wildman–Crippen LogP) is 2.64. The predicted molar refractivity (Wildman–Crippen MR) is 108 cm³/mol. The molecule has 31 heavy (non-hydrogen) atoms. The Morgan fingerprint density at radius 2 is 1.81 bits per heavy atom. The Morgan fingerprint density at radius 3 is 2.39 bits per heavy atom. The molecule has 0 atom stereocenters. The van der Waals surface area contributed by atoms with Crippen LogP contribution in [0.25, 0.3) is 0 Å². The monoisotopic (exact) mass is 572 g/mol. The number of rotatable bonds is 7. The molecule has 0 heterocycles. The summed E-state index contributed by atoms with van der Waals surface area (Å²) in [5, 5.41) is 6.27. The number of hydrogen-bond acceptors (Lipinski definition) is 9. The van der Waals surface area contributed by atoms with Crippen LogP contribution in [0.15, 0.2) is 36.4 Å². The Bertz CT molecular complexity index is 1170. The number of nitrogens with zero attached hydrogens (tertiary/aromatic N) is 1. The average molecular weight is 572 g/mol. The molecule has 166 valence electrons. The van der Waals surface area contributed by atoms with Crippen LogP contribution in [0.1, 0.15) is 20.7 Å². The van der Waals surface area contributed by atoms with E-state index in [0.29, 0.717) is 9.64 Å². The number of nitro groups is 1. The fourth-order valence-corrected chi connectivity index (χ4v) is 2.77. The molecule has 2 aromatic carbocycles. The van der Waals surface area contributed by atoms with Gasteiger partial charge in [0.1, 0.15) is 11.3 Å². The summed E-state index contributed by atoms with van der Waals surface area (Å²) >= 11 is 1.91. The second-order valence-corrected chi connectivity index (χ2v) is 8.54. The first-order valence-electron chi connectivity index (χ1n) is 7.80. The van der Waals surface area contributed by atoms with Gasteiger partial charge in [-0.05, 0) is 46.9 Å². The Hall–Kier alpha value is -2.92. The van der Waals surface area contributed by atoms with E-state index >= 15 is 0 Å². The molecule has 11 nitrogen and oxygen atoms in total. The van der Waals surface area contributed by atoms with Gasteiger partial charge in [-0.25, -0.2) is 9.59 Å². The van der Waals surface area contributed by atoms with Crippen molar-refractivity contribution >= 4 is 56.0 Å². The van der Waals surface area contributed by atoms with Crippen molar-refractivity contribution in [2.75, 3.05) is 12.3 Å². The molecule has 3 N–H and O–H groups in total. The van der Waals surface area contributed by atoms with Crippen LogP contribution in [0.4, 0.5) is 20.2 Å². The van der Waals surface area contributed by atoms with Crippen molar-refractivity contribution in [2.24, 2.45) is 0 Å². The molecule has 2 rings (SSSR count). The normalized spacial score (nSPS) is 11.6. The standard InChI is InChI=1S/C16H11F2IN2O9S/c17-16(18,31(26,27)28)7-29-14(22)11-6-9(2-4-13(11)21(24)25)30-15(23)10-5-8(19)1-3-12(10)20/h1-6H,7,20H2,(H,26,27,28). The second-order valence-electron chi connectivity index (χ2n) is 5.75. The Balaban J connectivity index is 2.32. The van der Waals surface area contributed by atoms with Gasteiger partial charge in [0.25, 0.3) is 5.69 Å². The number of nitrogens with two attached hydrogens (primary N) is 1. The van der Waals surface area contributed by atoms with Crippen LogP contribution in [0.2, 0.25) is 0 Å². The first-order valence-corrected chi connectivity index (χ1v) is 10.3. The maximum atomic E-state index is 13.2. The fraction of sp³-hybridized carbons (Fsp3) is 0.125. The van der Waals surface area contributed by atoms with Gasteiger partial charge in [0.15, 0.2) is 6.61 Å². The summed E-state index contributed by atoms with van der Waals surface area (Å²) in [4.78, 5) is 34.4. The van der Waals surface area contributed by atoms with Crippen LogP contribution in [-0.4, -0.2) is 41.7 Å². The molecule has 0 spiro atoms. The molecule has 0 radical (unpaired) electrons. The Labute approximate surface area is 186 Å². The van der Waals surface area contributed by atoms with Gasteiger partial charge in [0.05, 0.1) is 10.5 Å². The van der Waals surface area contributed by atoms with Crippen molar-refractivity contribution in [1.29, 1.82) is 0 Å². The molecule has 0 saturated heterocycles.